The molecule has 0 saturated heterocycles. The molecule has 0 aliphatic carbocycles. The van der Waals surface area contributed by atoms with Crippen LogP contribution in [-0.2, 0) is 4.79 Å². The van der Waals surface area contributed by atoms with Crippen molar-refractivity contribution in [1.29, 1.82) is 0 Å². The number of thiazole rings is 1. The molecule has 0 aliphatic rings. The molecule has 3 heterocycles. The van der Waals surface area contributed by atoms with Gasteiger partial charge < -0.3 is 5.32 Å². The van der Waals surface area contributed by atoms with E-state index in [-0.39, 0.29) is 17.5 Å². The van der Waals surface area contributed by atoms with Crippen molar-refractivity contribution in [1.82, 2.24) is 24.7 Å². The molecule has 1 aromatic carbocycles. The predicted molar refractivity (Wildman–Crippen MR) is 111 cm³/mol. The van der Waals surface area contributed by atoms with Crippen LogP contribution in [-0.4, -0.2) is 36.4 Å². The third kappa shape index (κ3) is 4.49. The van der Waals surface area contributed by atoms with Crippen molar-refractivity contribution in [2.24, 2.45) is 0 Å². The number of carbonyl (C=O) groups is 1. The van der Waals surface area contributed by atoms with Gasteiger partial charge in [-0.15, -0.1) is 21.5 Å². The highest BCUT2D eigenvalue weighted by Crippen LogP contribution is 2.28. The Bertz CT molecular complexity index is 1130. The summed E-state index contributed by atoms with van der Waals surface area (Å²) in [4.78, 5) is 21.5. The van der Waals surface area contributed by atoms with E-state index in [4.69, 9.17) is 0 Å². The first-order valence-corrected chi connectivity index (χ1v) is 10.4. The van der Waals surface area contributed by atoms with Crippen LogP contribution in [0.5, 0.6) is 0 Å². The summed E-state index contributed by atoms with van der Waals surface area (Å²) in [6, 6.07) is 9.67. The summed E-state index contributed by atoms with van der Waals surface area (Å²) < 4.78 is 15.2. The number of amides is 1. The first-order chi connectivity index (χ1) is 14.1. The molecule has 3 aromatic heterocycles. The Morgan fingerprint density at radius 2 is 1.93 bits per heavy atom. The van der Waals surface area contributed by atoms with Crippen LogP contribution in [0.3, 0.4) is 0 Å². The Morgan fingerprint density at radius 3 is 2.62 bits per heavy atom. The lowest BCUT2D eigenvalue weighted by Gasteiger charge is -2.10. The largest absolute Gasteiger partial charge is 0.301 e. The minimum Gasteiger partial charge on any atom is -0.301 e. The smallest absolute Gasteiger partial charge is 0.236 e. The molecule has 0 unspecified atom stereocenters. The lowest BCUT2D eigenvalue weighted by atomic mass is 10.2. The second kappa shape index (κ2) is 8.50. The minimum absolute atomic E-state index is 0.133. The summed E-state index contributed by atoms with van der Waals surface area (Å²) in [6.45, 7) is 1.92. The SMILES string of the molecule is Cc1cnc(NC(=O)CSc2nnc(-c3ccncc3)n2-c2ccc(F)cc2)s1. The zero-order valence-corrected chi connectivity index (χ0v) is 16.9. The normalized spacial score (nSPS) is 10.8. The number of hydrogen-bond donors (Lipinski definition) is 1. The molecule has 7 nitrogen and oxygen atoms in total. The molecule has 0 saturated carbocycles. The molecular formula is C19H15FN6OS2. The molecule has 146 valence electrons. The van der Waals surface area contributed by atoms with Crippen LogP contribution in [0.1, 0.15) is 4.88 Å². The second-order valence-electron chi connectivity index (χ2n) is 5.97. The molecule has 0 aliphatic heterocycles. The number of hydrogen-bond acceptors (Lipinski definition) is 7. The maximum Gasteiger partial charge on any atom is 0.236 e. The van der Waals surface area contributed by atoms with Gasteiger partial charge in [-0.25, -0.2) is 9.37 Å². The molecule has 0 radical (unpaired) electrons. The number of rotatable bonds is 6. The van der Waals surface area contributed by atoms with E-state index in [0.29, 0.717) is 21.8 Å². The van der Waals surface area contributed by atoms with Crippen LogP contribution in [0.25, 0.3) is 17.1 Å². The van der Waals surface area contributed by atoms with Crippen molar-refractivity contribution in [2.75, 3.05) is 11.1 Å². The van der Waals surface area contributed by atoms with Crippen molar-refractivity contribution in [2.45, 2.75) is 12.1 Å². The summed E-state index contributed by atoms with van der Waals surface area (Å²) in [5, 5.41) is 12.4. The highest BCUT2D eigenvalue weighted by Gasteiger charge is 2.17. The standard InChI is InChI=1S/C19H15FN6OS2/c1-12-10-22-18(29-12)23-16(27)11-28-19-25-24-17(13-6-8-21-9-7-13)26(19)15-4-2-14(20)3-5-15/h2-10H,11H2,1H3,(H,22,23,27). The summed E-state index contributed by atoms with van der Waals surface area (Å²) in [7, 11) is 0. The Labute approximate surface area is 174 Å². The maximum absolute atomic E-state index is 13.4. The number of pyridine rings is 1. The van der Waals surface area contributed by atoms with Gasteiger partial charge in [0.25, 0.3) is 0 Å². The zero-order chi connectivity index (χ0) is 20.2. The highest BCUT2D eigenvalue weighted by molar-refractivity contribution is 7.99. The quantitative estimate of drug-likeness (QED) is 0.470. The first-order valence-electron chi connectivity index (χ1n) is 8.57. The lowest BCUT2D eigenvalue weighted by molar-refractivity contribution is -0.113. The highest BCUT2D eigenvalue weighted by atomic mass is 32.2. The molecule has 0 spiro atoms. The van der Waals surface area contributed by atoms with Gasteiger partial charge in [-0.1, -0.05) is 11.8 Å². The summed E-state index contributed by atoms with van der Waals surface area (Å²) >= 11 is 2.65. The van der Waals surface area contributed by atoms with E-state index >= 15 is 0 Å². The molecule has 4 aromatic rings. The van der Waals surface area contributed by atoms with Crippen LogP contribution < -0.4 is 5.32 Å². The Hall–Kier alpha value is -3.11. The van der Waals surface area contributed by atoms with Crippen molar-refractivity contribution >= 4 is 34.1 Å². The third-order valence-corrected chi connectivity index (χ3v) is 5.61. The molecule has 0 bridgehead atoms. The van der Waals surface area contributed by atoms with Crippen molar-refractivity contribution < 1.29 is 9.18 Å². The van der Waals surface area contributed by atoms with Gasteiger partial charge in [0, 0.05) is 34.7 Å². The molecule has 1 amide bonds. The van der Waals surface area contributed by atoms with Gasteiger partial charge in [0.05, 0.1) is 5.75 Å². The lowest BCUT2D eigenvalue weighted by Crippen LogP contribution is -2.14. The van der Waals surface area contributed by atoms with Gasteiger partial charge in [-0.05, 0) is 43.3 Å². The number of aryl methyl sites for hydroxylation is 1. The van der Waals surface area contributed by atoms with Gasteiger partial charge in [0.15, 0.2) is 16.1 Å². The van der Waals surface area contributed by atoms with Crippen molar-refractivity contribution in [3.63, 3.8) is 0 Å². The van der Waals surface area contributed by atoms with E-state index in [1.807, 2.05) is 19.1 Å². The molecule has 10 heteroatoms. The fourth-order valence-corrected chi connectivity index (χ4v) is 4.00. The van der Waals surface area contributed by atoms with Crippen LogP contribution in [0, 0.1) is 12.7 Å². The monoisotopic (exact) mass is 426 g/mol. The van der Waals surface area contributed by atoms with E-state index in [2.05, 4.69) is 25.5 Å². The number of halogens is 1. The number of nitrogens with zero attached hydrogens (tertiary/aromatic N) is 5. The van der Waals surface area contributed by atoms with Crippen LogP contribution in [0.2, 0.25) is 0 Å². The van der Waals surface area contributed by atoms with Crippen LogP contribution in [0.15, 0.2) is 60.1 Å². The number of carbonyl (C=O) groups excluding carboxylic acids is 1. The van der Waals surface area contributed by atoms with E-state index in [9.17, 15) is 9.18 Å². The van der Waals surface area contributed by atoms with Gasteiger partial charge in [0.2, 0.25) is 5.91 Å². The van der Waals surface area contributed by atoms with Gasteiger partial charge in [0.1, 0.15) is 5.82 Å². The van der Waals surface area contributed by atoms with Crippen molar-refractivity contribution in [3.8, 4) is 17.1 Å². The number of thioether (sulfide) groups is 1. The molecule has 29 heavy (non-hydrogen) atoms. The zero-order valence-electron chi connectivity index (χ0n) is 15.2. The van der Waals surface area contributed by atoms with Crippen molar-refractivity contribution in [3.05, 3.63) is 65.7 Å². The molecule has 0 atom stereocenters. The third-order valence-electron chi connectivity index (χ3n) is 3.86. The van der Waals surface area contributed by atoms with E-state index in [1.165, 1.54) is 35.2 Å². The number of anilines is 1. The fraction of sp³-hybridized carbons (Fsp3) is 0.105. The van der Waals surface area contributed by atoms with E-state index in [0.717, 1.165) is 10.4 Å². The topological polar surface area (TPSA) is 85.6 Å². The maximum atomic E-state index is 13.4. The van der Waals surface area contributed by atoms with Crippen LogP contribution >= 0.6 is 23.1 Å². The molecular weight excluding hydrogens is 411 g/mol. The van der Waals surface area contributed by atoms with Crippen LogP contribution in [0.4, 0.5) is 9.52 Å². The van der Waals surface area contributed by atoms with Gasteiger partial charge in [-0.2, -0.15) is 0 Å². The molecule has 4 rings (SSSR count). The number of nitrogens with one attached hydrogen (secondary N) is 1. The summed E-state index contributed by atoms with van der Waals surface area (Å²) in [5.74, 6) is 0.189. The van der Waals surface area contributed by atoms with E-state index < -0.39 is 0 Å². The second-order valence-corrected chi connectivity index (χ2v) is 8.14. The van der Waals surface area contributed by atoms with E-state index in [1.54, 1.807) is 35.3 Å². The number of aromatic nitrogens is 5. The Morgan fingerprint density at radius 1 is 1.17 bits per heavy atom. The summed E-state index contributed by atoms with van der Waals surface area (Å²) in [6.07, 6.45) is 5.03. The minimum atomic E-state index is -0.334. The average molecular weight is 427 g/mol. The predicted octanol–water partition coefficient (Wildman–Crippen LogP) is 3.96. The van der Waals surface area contributed by atoms with Gasteiger partial charge in [-0.3, -0.25) is 14.3 Å². The Balaban J connectivity index is 1.60. The molecule has 0 fully saturated rings. The fourth-order valence-electron chi connectivity index (χ4n) is 2.57. The number of benzene rings is 1. The molecule has 1 N–H and O–H groups in total. The average Bonchev–Trinajstić information content (AvgIpc) is 3.34. The van der Waals surface area contributed by atoms with Gasteiger partial charge >= 0.3 is 0 Å². The Kier molecular flexibility index (Phi) is 5.63. The summed E-state index contributed by atoms with van der Waals surface area (Å²) in [5.41, 5.74) is 1.51. The first kappa shape index (κ1) is 19.2.